The highest BCUT2D eigenvalue weighted by Gasteiger charge is 2.65. The van der Waals surface area contributed by atoms with E-state index in [0.29, 0.717) is 11.3 Å². The topological polar surface area (TPSA) is 45.2 Å². The number of amides is 2. The Hall–Kier alpha value is -2.43. The number of aromatic nitrogens is 1. The molecule has 1 fully saturated rings. The van der Waals surface area contributed by atoms with Crippen molar-refractivity contribution >= 4 is 21.9 Å². The van der Waals surface area contributed by atoms with E-state index >= 15 is 4.39 Å². The number of likely N-dealkylation sites (tertiary alicyclic amines) is 1. The summed E-state index contributed by atoms with van der Waals surface area (Å²) in [6.07, 6.45) is 1.53. The van der Waals surface area contributed by atoms with Crippen LogP contribution in [0.25, 0.3) is 0 Å². The molecule has 0 atom stereocenters. The third kappa shape index (κ3) is 4.77. The van der Waals surface area contributed by atoms with Gasteiger partial charge in [-0.1, -0.05) is 25.5 Å². The maximum absolute atomic E-state index is 15.3. The van der Waals surface area contributed by atoms with Crippen molar-refractivity contribution < 1.29 is 28.6 Å². The van der Waals surface area contributed by atoms with E-state index in [2.05, 4.69) is 10.3 Å². The molecule has 1 aliphatic rings. The molecule has 2 amide bonds. The molecule has 1 aliphatic heterocycles. The smallest absolute Gasteiger partial charge is 0.321 e. The second-order valence-corrected chi connectivity index (χ2v) is 9.45. The molecule has 4 nitrogen and oxygen atoms in total. The van der Waals surface area contributed by atoms with Crippen molar-refractivity contribution in [2.45, 2.75) is 30.3 Å². The number of rotatable bonds is 3. The Morgan fingerprint density at radius 1 is 1.07 bits per heavy atom. The van der Waals surface area contributed by atoms with Gasteiger partial charge >= 0.3 is 16.3 Å². The van der Waals surface area contributed by atoms with Crippen molar-refractivity contribution in [3.63, 3.8) is 0 Å². The number of hydrogen-bond acceptors (Lipinski definition) is 2. The molecule has 3 rings (SSSR count). The number of halogens is 6. The highest BCUT2D eigenvalue weighted by Crippen LogP contribution is 3.02. The molecule has 29 heavy (non-hydrogen) atoms. The first-order valence-corrected chi connectivity index (χ1v) is 10.6. The van der Waals surface area contributed by atoms with Crippen LogP contribution in [0.4, 0.5) is 34.3 Å². The number of urea groups is 1. The lowest BCUT2D eigenvalue weighted by atomic mass is 9.87. The molecule has 1 N–H and O–H groups in total. The van der Waals surface area contributed by atoms with E-state index < -0.39 is 26.8 Å². The summed E-state index contributed by atoms with van der Waals surface area (Å²) in [6.45, 7) is 1.89. The standard InChI is InChI=1S/C18H19F6N3OS/c1-13-3-2-10-25-16(13)18(19)8-11-27(12-9-18)17(28)26-14-4-6-15(7-5-14)29(20,21,22,23)24/h2-7,10H,8-9,11-12H2,1H3,(H,26,28). The minimum absolute atomic E-state index is 0.0153. The van der Waals surface area contributed by atoms with Gasteiger partial charge in [0.2, 0.25) is 0 Å². The number of nitrogens with one attached hydrogen (secondary N) is 1. The molecule has 0 radical (unpaired) electrons. The molecule has 0 aliphatic carbocycles. The highest BCUT2D eigenvalue weighted by atomic mass is 32.5. The summed E-state index contributed by atoms with van der Waals surface area (Å²) in [6, 6.07) is 4.76. The van der Waals surface area contributed by atoms with Crippen LogP contribution in [0, 0.1) is 6.92 Å². The van der Waals surface area contributed by atoms with Crippen LogP contribution >= 0.6 is 10.2 Å². The largest absolute Gasteiger partial charge is 0.324 e. The van der Waals surface area contributed by atoms with Crippen LogP contribution in [0.1, 0.15) is 24.1 Å². The quantitative estimate of drug-likeness (QED) is 0.552. The van der Waals surface area contributed by atoms with E-state index in [1.165, 1.54) is 11.1 Å². The summed E-state index contributed by atoms with van der Waals surface area (Å²) in [7, 11) is -9.76. The van der Waals surface area contributed by atoms with Gasteiger partial charge in [-0.25, -0.2) is 9.18 Å². The Kier molecular flexibility index (Phi) is 4.61. The summed E-state index contributed by atoms with van der Waals surface area (Å²) in [4.78, 5) is 15.7. The number of carbonyl (C=O) groups is 1. The van der Waals surface area contributed by atoms with E-state index in [4.69, 9.17) is 0 Å². The Morgan fingerprint density at radius 2 is 1.66 bits per heavy atom. The second-order valence-electron chi connectivity index (χ2n) is 7.04. The lowest BCUT2D eigenvalue weighted by Crippen LogP contribution is -2.45. The molecule has 160 valence electrons. The lowest BCUT2D eigenvalue weighted by molar-refractivity contribution is 0.0677. The minimum atomic E-state index is -9.76. The number of nitrogens with zero attached hydrogens (tertiary/aromatic N) is 2. The van der Waals surface area contributed by atoms with Gasteiger partial charge in [-0.3, -0.25) is 4.98 Å². The molecular weight excluding hydrogens is 420 g/mol. The van der Waals surface area contributed by atoms with E-state index in [1.807, 2.05) is 0 Å². The molecule has 1 saturated heterocycles. The van der Waals surface area contributed by atoms with Gasteiger partial charge in [0, 0.05) is 37.8 Å². The maximum Gasteiger partial charge on any atom is 0.321 e. The van der Waals surface area contributed by atoms with Crippen LogP contribution in [0.15, 0.2) is 47.5 Å². The third-order valence-corrected chi connectivity index (χ3v) is 5.99. The number of pyridine rings is 1. The highest BCUT2D eigenvalue weighted by molar-refractivity contribution is 8.45. The predicted molar refractivity (Wildman–Crippen MR) is 99.4 cm³/mol. The van der Waals surface area contributed by atoms with Crippen LogP contribution in [0.5, 0.6) is 0 Å². The van der Waals surface area contributed by atoms with Gasteiger partial charge in [-0.15, -0.1) is 0 Å². The van der Waals surface area contributed by atoms with Gasteiger partial charge in [-0.05, 0) is 42.8 Å². The SMILES string of the molecule is Cc1cccnc1C1(F)CCN(C(=O)Nc2ccc(S(F)(F)(F)(F)F)cc2)CC1. The van der Waals surface area contributed by atoms with Crippen molar-refractivity contribution in [3.8, 4) is 0 Å². The van der Waals surface area contributed by atoms with Gasteiger partial charge in [0.15, 0.2) is 5.67 Å². The number of aryl methyl sites for hydroxylation is 1. The van der Waals surface area contributed by atoms with Crippen molar-refractivity contribution in [1.82, 2.24) is 9.88 Å². The first kappa shape index (κ1) is 21.3. The average Bonchev–Trinajstić information content (AvgIpc) is 2.61. The number of piperidine rings is 1. The van der Waals surface area contributed by atoms with E-state index in [9.17, 15) is 24.2 Å². The molecule has 0 spiro atoms. The summed E-state index contributed by atoms with van der Waals surface area (Å²) in [5.74, 6) is 0. The van der Waals surface area contributed by atoms with Gasteiger partial charge in [0.25, 0.3) is 0 Å². The first-order chi connectivity index (χ1) is 13.2. The van der Waals surface area contributed by atoms with E-state index in [1.54, 1.807) is 19.1 Å². The van der Waals surface area contributed by atoms with Crippen molar-refractivity contribution in [2.24, 2.45) is 0 Å². The number of hydrogen-bond donors (Lipinski definition) is 1. The molecule has 2 aromatic rings. The number of carbonyl (C=O) groups excluding carboxylic acids is 1. The molecule has 2 heterocycles. The minimum Gasteiger partial charge on any atom is -0.324 e. The zero-order valence-electron chi connectivity index (χ0n) is 15.3. The molecule has 0 bridgehead atoms. The molecule has 1 aromatic carbocycles. The summed E-state index contributed by atoms with van der Waals surface area (Å²) in [5.41, 5.74) is -0.715. The zero-order valence-corrected chi connectivity index (χ0v) is 16.2. The van der Waals surface area contributed by atoms with Gasteiger partial charge in [0.1, 0.15) is 4.90 Å². The number of benzene rings is 1. The predicted octanol–water partition coefficient (Wildman–Crippen LogP) is 6.54. The molecule has 0 saturated carbocycles. The van der Waals surface area contributed by atoms with Crippen molar-refractivity contribution in [2.75, 3.05) is 18.4 Å². The van der Waals surface area contributed by atoms with Crippen LogP contribution in [-0.4, -0.2) is 29.0 Å². The third-order valence-electron chi connectivity index (χ3n) is 4.83. The monoisotopic (exact) mass is 439 g/mol. The fourth-order valence-electron chi connectivity index (χ4n) is 3.25. The zero-order chi connectivity index (χ0) is 21.6. The Labute approximate surface area is 163 Å². The summed E-state index contributed by atoms with van der Waals surface area (Å²) >= 11 is 0. The second kappa shape index (κ2) is 6.28. The van der Waals surface area contributed by atoms with E-state index in [-0.39, 0.29) is 43.8 Å². The van der Waals surface area contributed by atoms with Gasteiger partial charge < -0.3 is 10.2 Å². The Balaban J connectivity index is 1.64. The van der Waals surface area contributed by atoms with Crippen LogP contribution in [-0.2, 0) is 5.67 Å². The molecule has 1 aromatic heterocycles. The summed E-state index contributed by atoms with van der Waals surface area (Å²) < 4.78 is 79.0. The average molecular weight is 439 g/mol. The molecular formula is C18H19F6N3OS. The van der Waals surface area contributed by atoms with Crippen molar-refractivity contribution in [3.05, 3.63) is 53.9 Å². The fourth-order valence-corrected chi connectivity index (χ4v) is 3.90. The molecule has 11 heteroatoms. The van der Waals surface area contributed by atoms with Crippen molar-refractivity contribution in [1.29, 1.82) is 0 Å². The van der Waals surface area contributed by atoms with Gasteiger partial charge in [-0.2, -0.15) is 0 Å². The fraction of sp³-hybridized carbons (Fsp3) is 0.333. The van der Waals surface area contributed by atoms with Crippen LogP contribution < -0.4 is 5.32 Å². The number of alkyl halides is 1. The normalized spacial score (nSPS) is 19.2. The first-order valence-electron chi connectivity index (χ1n) is 8.69. The molecule has 0 unspecified atom stereocenters. The van der Waals surface area contributed by atoms with Crippen LogP contribution in [0.2, 0.25) is 0 Å². The van der Waals surface area contributed by atoms with E-state index in [0.717, 1.165) is 12.1 Å². The summed E-state index contributed by atoms with van der Waals surface area (Å²) in [5, 5.41) is 2.34. The van der Waals surface area contributed by atoms with Gasteiger partial charge in [0.05, 0.1) is 5.69 Å². The maximum atomic E-state index is 15.3. The van der Waals surface area contributed by atoms with Crippen LogP contribution in [0.3, 0.4) is 0 Å². The Morgan fingerprint density at radius 3 is 2.17 bits per heavy atom. The lowest BCUT2D eigenvalue weighted by Gasteiger charge is -2.40. The number of anilines is 1. The Bertz CT molecular complexity index is 925.